The maximum atomic E-state index is 4.47. The number of hydrogen-bond donors (Lipinski definition) is 1. The molecule has 2 rings (SSSR count). The van der Waals surface area contributed by atoms with Crippen molar-refractivity contribution >= 4 is 24.0 Å². The van der Waals surface area contributed by atoms with Gasteiger partial charge >= 0.3 is 0 Å². The average molecular weight is 184 g/mol. The first-order valence-electron chi connectivity index (χ1n) is 4.09. The number of hydrogen-bond acceptors (Lipinski definition) is 2. The third-order valence-electron chi connectivity index (χ3n) is 2.40. The van der Waals surface area contributed by atoms with Crippen LogP contribution in [0.25, 0.3) is 0 Å². The van der Waals surface area contributed by atoms with Gasteiger partial charge in [-0.15, -0.1) is 24.0 Å². The highest BCUT2D eigenvalue weighted by Gasteiger charge is 2.16. The topological polar surface area (TPSA) is 0 Å². The van der Waals surface area contributed by atoms with Gasteiger partial charge in [0.1, 0.15) is 0 Å². The molecule has 0 bridgehead atoms. The molecular weight excluding hydrogens is 172 g/mol. The first-order chi connectivity index (χ1) is 5.29. The van der Waals surface area contributed by atoms with Crippen LogP contribution in [0.5, 0.6) is 0 Å². The molecule has 0 spiro atoms. The van der Waals surface area contributed by atoms with Gasteiger partial charge in [-0.2, -0.15) is 0 Å². The van der Waals surface area contributed by atoms with E-state index >= 15 is 0 Å². The zero-order valence-corrected chi connectivity index (χ0v) is 8.39. The standard InChI is InChI=1S/C9H12S2/c1-6-7-4-2-3-5-8(7)9(10)11-6/h10H,2-5H2,1H3. The zero-order chi connectivity index (χ0) is 7.84. The Morgan fingerprint density at radius 3 is 2.45 bits per heavy atom. The van der Waals surface area contributed by atoms with E-state index in [1.807, 2.05) is 11.3 Å². The highest BCUT2D eigenvalue weighted by molar-refractivity contribution is 7.83. The van der Waals surface area contributed by atoms with Crippen molar-refractivity contribution in [3.63, 3.8) is 0 Å². The summed E-state index contributed by atoms with van der Waals surface area (Å²) >= 11 is 6.32. The molecule has 0 nitrogen and oxygen atoms in total. The largest absolute Gasteiger partial charge is 0.134 e. The fourth-order valence-electron chi connectivity index (χ4n) is 1.80. The molecule has 2 heteroatoms. The second-order valence-electron chi connectivity index (χ2n) is 3.13. The molecule has 0 atom stereocenters. The highest BCUT2D eigenvalue weighted by Crippen LogP contribution is 2.35. The van der Waals surface area contributed by atoms with Gasteiger partial charge in [0.05, 0.1) is 4.21 Å². The van der Waals surface area contributed by atoms with Crippen LogP contribution < -0.4 is 0 Å². The Hall–Kier alpha value is 0.0500. The predicted octanol–water partition coefficient (Wildman–Crippen LogP) is 3.22. The molecule has 1 aromatic rings. The molecule has 1 aliphatic rings. The van der Waals surface area contributed by atoms with E-state index in [2.05, 4.69) is 19.6 Å². The van der Waals surface area contributed by atoms with Crippen LogP contribution in [0.2, 0.25) is 0 Å². The molecule has 0 unspecified atom stereocenters. The second kappa shape index (κ2) is 2.83. The van der Waals surface area contributed by atoms with Gasteiger partial charge in [0.15, 0.2) is 0 Å². The van der Waals surface area contributed by atoms with Crippen LogP contribution in [0.1, 0.15) is 28.8 Å². The molecule has 0 saturated carbocycles. The summed E-state index contributed by atoms with van der Waals surface area (Å²) in [5.74, 6) is 0. The van der Waals surface area contributed by atoms with E-state index in [9.17, 15) is 0 Å². The molecule has 0 saturated heterocycles. The fourth-order valence-corrected chi connectivity index (χ4v) is 3.44. The molecule has 0 amide bonds. The Balaban J connectivity index is 2.52. The average Bonchev–Trinajstić information content (AvgIpc) is 2.30. The maximum Gasteiger partial charge on any atom is 0.0605 e. The van der Waals surface area contributed by atoms with Crippen molar-refractivity contribution in [2.45, 2.75) is 36.8 Å². The van der Waals surface area contributed by atoms with Crippen molar-refractivity contribution in [1.82, 2.24) is 0 Å². The van der Waals surface area contributed by atoms with Crippen molar-refractivity contribution in [3.8, 4) is 0 Å². The normalized spacial score (nSPS) is 16.5. The summed E-state index contributed by atoms with van der Waals surface area (Å²) in [5, 5.41) is 0. The predicted molar refractivity (Wildman–Crippen MR) is 53.0 cm³/mol. The van der Waals surface area contributed by atoms with Crippen molar-refractivity contribution in [1.29, 1.82) is 0 Å². The minimum absolute atomic E-state index is 1.26. The van der Waals surface area contributed by atoms with Crippen molar-refractivity contribution in [3.05, 3.63) is 16.0 Å². The van der Waals surface area contributed by atoms with E-state index in [1.165, 1.54) is 34.8 Å². The van der Waals surface area contributed by atoms with Gasteiger partial charge < -0.3 is 0 Å². The zero-order valence-electron chi connectivity index (χ0n) is 6.68. The monoisotopic (exact) mass is 184 g/mol. The van der Waals surface area contributed by atoms with E-state index in [4.69, 9.17) is 0 Å². The lowest BCUT2D eigenvalue weighted by Gasteiger charge is -2.11. The first kappa shape index (κ1) is 7.69. The van der Waals surface area contributed by atoms with E-state index in [0.717, 1.165) is 0 Å². The number of aryl methyl sites for hydroxylation is 1. The number of thiophene rings is 1. The molecule has 0 aliphatic heterocycles. The summed E-state index contributed by atoms with van der Waals surface area (Å²) in [5.41, 5.74) is 3.15. The van der Waals surface area contributed by atoms with Gasteiger partial charge in [0, 0.05) is 4.88 Å². The van der Waals surface area contributed by atoms with Gasteiger partial charge in [-0.05, 0) is 43.7 Å². The van der Waals surface area contributed by atoms with E-state index in [-0.39, 0.29) is 0 Å². The van der Waals surface area contributed by atoms with Crippen LogP contribution in [-0.2, 0) is 12.8 Å². The third kappa shape index (κ3) is 1.23. The van der Waals surface area contributed by atoms with Crippen LogP contribution in [0, 0.1) is 6.92 Å². The lowest BCUT2D eigenvalue weighted by molar-refractivity contribution is 0.681. The van der Waals surface area contributed by atoms with Gasteiger partial charge in [-0.1, -0.05) is 0 Å². The lowest BCUT2D eigenvalue weighted by atomic mass is 9.94. The number of rotatable bonds is 0. The third-order valence-corrected chi connectivity index (χ3v) is 3.94. The summed E-state index contributed by atoms with van der Waals surface area (Å²) in [6.45, 7) is 2.22. The quantitative estimate of drug-likeness (QED) is 0.588. The Morgan fingerprint density at radius 2 is 1.82 bits per heavy atom. The molecule has 60 valence electrons. The maximum absolute atomic E-state index is 4.47. The van der Waals surface area contributed by atoms with Crippen molar-refractivity contribution in [2.75, 3.05) is 0 Å². The van der Waals surface area contributed by atoms with E-state index in [0.29, 0.717) is 0 Å². The van der Waals surface area contributed by atoms with Gasteiger partial charge in [0.2, 0.25) is 0 Å². The summed E-state index contributed by atoms with van der Waals surface area (Å²) in [4.78, 5) is 1.49. The highest BCUT2D eigenvalue weighted by atomic mass is 32.2. The minimum atomic E-state index is 1.26. The van der Waals surface area contributed by atoms with Crippen molar-refractivity contribution < 1.29 is 0 Å². The minimum Gasteiger partial charge on any atom is -0.134 e. The smallest absolute Gasteiger partial charge is 0.0605 e. The number of fused-ring (bicyclic) bond motifs is 1. The van der Waals surface area contributed by atoms with E-state index < -0.39 is 0 Å². The molecule has 1 heterocycles. The van der Waals surface area contributed by atoms with Crippen LogP contribution in [-0.4, -0.2) is 0 Å². The Bertz CT molecular complexity index is 247. The summed E-state index contributed by atoms with van der Waals surface area (Å²) in [7, 11) is 0. The summed E-state index contributed by atoms with van der Waals surface area (Å²) in [6.07, 6.45) is 5.28. The summed E-state index contributed by atoms with van der Waals surface area (Å²) < 4.78 is 1.26. The molecule has 1 aliphatic carbocycles. The molecule has 11 heavy (non-hydrogen) atoms. The van der Waals surface area contributed by atoms with Crippen LogP contribution >= 0.6 is 24.0 Å². The molecule has 0 N–H and O–H groups in total. The first-order valence-corrected chi connectivity index (χ1v) is 5.35. The fraction of sp³-hybridized carbons (Fsp3) is 0.556. The molecule has 0 fully saturated rings. The Morgan fingerprint density at radius 1 is 1.18 bits per heavy atom. The van der Waals surface area contributed by atoms with E-state index in [1.54, 1.807) is 11.1 Å². The van der Waals surface area contributed by atoms with Crippen LogP contribution in [0.3, 0.4) is 0 Å². The van der Waals surface area contributed by atoms with Crippen molar-refractivity contribution in [2.24, 2.45) is 0 Å². The second-order valence-corrected chi connectivity index (χ2v) is 5.10. The lowest BCUT2D eigenvalue weighted by Crippen LogP contribution is -2.00. The molecule has 0 aromatic carbocycles. The van der Waals surface area contributed by atoms with Gasteiger partial charge in [-0.25, -0.2) is 0 Å². The Kier molecular flexibility index (Phi) is 1.98. The molecule has 1 aromatic heterocycles. The Labute approximate surface area is 77.0 Å². The van der Waals surface area contributed by atoms with Gasteiger partial charge in [0.25, 0.3) is 0 Å². The SMILES string of the molecule is Cc1sc(S)c2c1CCCC2. The summed E-state index contributed by atoms with van der Waals surface area (Å²) in [6, 6.07) is 0. The van der Waals surface area contributed by atoms with Crippen LogP contribution in [0.15, 0.2) is 4.21 Å². The molecular formula is C9H12S2. The number of thiol groups is 1. The van der Waals surface area contributed by atoms with Crippen LogP contribution in [0.4, 0.5) is 0 Å². The molecule has 0 radical (unpaired) electrons. The van der Waals surface area contributed by atoms with Gasteiger partial charge in [-0.3, -0.25) is 0 Å².